The van der Waals surface area contributed by atoms with Crippen LogP contribution >= 0.6 is 27.7 Å². The number of hydrogen-bond donors (Lipinski definition) is 1. The molecule has 1 aliphatic heterocycles. The molecule has 1 N–H and O–H groups in total. The van der Waals surface area contributed by atoms with Crippen molar-refractivity contribution in [1.82, 2.24) is 0 Å². The molecule has 1 aliphatic rings. The van der Waals surface area contributed by atoms with Crippen LogP contribution in [0.2, 0.25) is 0 Å². The highest BCUT2D eigenvalue weighted by Gasteiger charge is 2.46. The summed E-state index contributed by atoms with van der Waals surface area (Å²) in [6.45, 7) is 2.09. The van der Waals surface area contributed by atoms with Crippen molar-refractivity contribution in [3.63, 3.8) is 0 Å². The molecule has 2 atom stereocenters. The first-order valence-electron chi connectivity index (χ1n) is 6.33. The summed E-state index contributed by atoms with van der Waals surface area (Å²) < 4.78 is 6.00. The summed E-state index contributed by atoms with van der Waals surface area (Å²) in [5.41, 5.74) is 0.295. The van der Waals surface area contributed by atoms with Gasteiger partial charge in [-0.25, -0.2) is 4.79 Å². The lowest BCUT2D eigenvalue weighted by Crippen LogP contribution is -2.55. The predicted octanol–water partition coefficient (Wildman–Crippen LogP) is 3.69. The number of carbonyl (C=O) groups is 1. The van der Waals surface area contributed by atoms with Crippen molar-refractivity contribution in [2.24, 2.45) is 0 Å². The van der Waals surface area contributed by atoms with Crippen LogP contribution in [0, 0.1) is 0 Å². The molecule has 0 amide bonds. The number of ether oxygens (including phenoxy) is 1. The number of anilines is 1. The van der Waals surface area contributed by atoms with Gasteiger partial charge in [-0.15, -0.1) is 0 Å². The lowest BCUT2D eigenvalue weighted by atomic mass is 9.89. The lowest BCUT2D eigenvalue weighted by Gasteiger charge is -2.41. The normalized spacial score (nSPS) is 26.8. The van der Waals surface area contributed by atoms with Crippen molar-refractivity contribution in [3.8, 4) is 0 Å². The Kier molecular flexibility index (Phi) is 4.79. The highest BCUT2D eigenvalue weighted by Crippen LogP contribution is 2.38. The Morgan fingerprint density at radius 1 is 1.53 bits per heavy atom. The lowest BCUT2D eigenvalue weighted by molar-refractivity contribution is -0.146. The van der Waals surface area contributed by atoms with Gasteiger partial charge in [-0.3, -0.25) is 0 Å². The topological polar surface area (TPSA) is 38.3 Å². The molecule has 19 heavy (non-hydrogen) atoms. The molecule has 3 nitrogen and oxygen atoms in total. The van der Waals surface area contributed by atoms with Gasteiger partial charge in [0, 0.05) is 15.4 Å². The maximum Gasteiger partial charge on any atom is 0.332 e. The number of carbonyl (C=O) groups excluding carboxylic acids is 1. The van der Waals surface area contributed by atoms with Gasteiger partial charge in [-0.05, 0) is 46.7 Å². The Hall–Kier alpha value is -0.680. The van der Waals surface area contributed by atoms with Gasteiger partial charge in [-0.2, -0.15) is 11.8 Å². The van der Waals surface area contributed by atoms with Gasteiger partial charge in [0.05, 0.1) is 7.11 Å². The summed E-state index contributed by atoms with van der Waals surface area (Å²) in [5, 5.41) is 3.60. The summed E-state index contributed by atoms with van der Waals surface area (Å²) in [4.78, 5) is 12.3. The van der Waals surface area contributed by atoms with Crippen LogP contribution in [0.5, 0.6) is 0 Å². The van der Waals surface area contributed by atoms with Crippen LogP contribution in [-0.2, 0) is 9.53 Å². The molecule has 1 saturated heterocycles. The van der Waals surface area contributed by atoms with Crippen molar-refractivity contribution in [1.29, 1.82) is 0 Å². The van der Waals surface area contributed by atoms with E-state index in [-0.39, 0.29) is 11.2 Å². The second kappa shape index (κ2) is 6.18. The average Bonchev–Trinajstić information content (AvgIpc) is 2.43. The fourth-order valence-electron chi connectivity index (χ4n) is 2.42. The van der Waals surface area contributed by atoms with Crippen molar-refractivity contribution in [3.05, 3.63) is 28.7 Å². The maximum atomic E-state index is 12.3. The number of esters is 1. The molecular weight excluding hydrogens is 326 g/mol. The first-order chi connectivity index (χ1) is 9.10. The minimum atomic E-state index is -0.637. The second-order valence-corrected chi connectivity index (χ2v) is 6.99. The smallest absolute Gasteiger partial charge is 0.332 e. The molecule has 0 saturated carbocycles. The molecule has 5 heteroatoms. The van der Waals surface area contributed by atoms with Gasteiger partial charge < -0.3 is 10.1 Å². The van der Waals surface area contributed by atoms with E-state index in [1.165, 1.54) is 7.11 Å². The monoisotopic (exact) mass is 343 g/mol. The number of halogens is 1. The van der Waals surface area contributed by atoms with E-state index in [0.717, 1.165) is 28.8 Å². The summed E-state index contributed by atoms with van der Waals surface area (Å²) in [6.07, 6.45) is 1.82. The third-order valence-electron chi connectivity index (χ3n) is 3.56. The Labute approximate surface area is 126 Å². The van der Waals surface area contributed by atoms with Crippen molar-refractivity contribution < 1.29 is 9.53 Å². The minimum absolute atomic E-state index is 0.178. The number of para-hydroxylation sites is 1. The van der Waals surface area contributed by atoms with E-state index >= 15 is 0 Å². The summed E-state index contributed by atoms with van der Waals surface area (Å²) in [6, 6.07) is 7.85. The van der Waals surface area contributed by atoms with E-state index in [1.807, 2.05) is 36.0 Å². The van der Waals surface area contributed by atoms with Crippen molar-refractivity contribution in [2.45, 2.75) is 30.6 Å². The largest absolute Gasteiger partial charge is 0.467 e. The zero-order valence-electron chi connectivity index (χ0n) is 11.1. The number of nitrogens with one attached hydrogen (secondary N) is 1. The van der Waals surface area contributed by atoms with Crippen LogP contribution in [0.25, 0.3) is 0 Å². The Bertz CT molecular complexity index is 469. The number of benzene rings is 1. The zero-order chi connectivity index (χ0) is 13.9. The third-order valence-corrected chi connectivity index (χ3v) is 5.68. The molecule has 2 rings (SSSR count). The minimum Gasteiger partial charge on any atom is -0.467 e. The number of hydrogen-bond acceptors (Lipinski definition) is 4. The summed E-state index contributed by atoms with van der Waals surface area (Å²) in [5.74, 6) is 0.917. The molecule has 0 radical (unpaired) electrons. The Morgan fingerprint density at radius 3 is 2.89 bits per heavy atom. The van der Waals surface area contributed by atoms with Crippen LogP contribution in [0.4, 0.5) is 5.69 Å². The van der Waals surface area contributed by atoms with E-state index in [0.29, 0.717) is 0 Å². The molecule has 1 fully saturated rings. The summed E-state index contributed by atoms with van der Waals surface area (Å²) >= 11 is 5.33. The van der Waals surface area contributed by atoms with E-state index in [4.69, 9.17) is 4.74 Å². The van der Waals surface area contributed by atoms with Crippen LogP contribution in [0.15, 0.2) is 28.7 Å². The molecule has 1 aromatic rings. The third kappa shape index (κ3) is 2.92. The molecular formula is C14H18BrNO2S. The summed E-state index contributed by atoms with van der Waals surface area (Å²) in [7, 11) is 1.46. The highest BCUT2D eigenvalue weighted by atomic mass is 79.9. The van der Waals surface area contributed by atoms with Gasteiger partial charge in [0.25, 0.3) is 0 Å². The first kappa shape index (κ1) is 14.7. The van der Waals surface area contributed by atoms with Gasteiger partial charge in [0.15, 0.2) is 0 Å². The van der Waals surface area contributed by atoms with Gasteiger partial charge in [0.1, 0.15) is 5.54 Å². The molecule has 1 aromatic carbocycles. The number of methoxy groups -OCH3 is 1. The molecule has 0 spiro atoms. The van der Waals surface area contributed by atoms with E-state index in [2.05, 4.69) is 28.2 Å². The first-order valence-corrected chi connectivity index (χ1v) is 8.17. The molecule has 0 aromatic heterocycles. The predicted molar refractivity (Wildman–Crippen MR) is 83.7 cm³/mol. The standard InChI is InChI=1S/C14H18BrNO2S/c1-10-14(13(17)18-2,8-5-9-19-10)16-12-7-4-3-6-11(12)15/h3-4,6-7,10,16H,5,8-9H2,1-2H3. The van der Waals surface area contributed by atoms with Crippen molar-refractivity contribution >= 4 is 39.3 Å². The van der Waals surface area contributed by atoms with E-state index < -0.39 is 5.54 Å². The van der Waals surface area contributed by atoms with Crippen molar-refractivity contribution in [2.75, 3.05) is 18.2 Å². The van der Waals surface area contributed by atoms with Gasteiger partial charge >= 0.3 is 5.97 Å². The zero-order valence-corrected chi connectivity index (χ0v) is 13.5. The molecule has 1 heterocycles. The highest BCUT2D eigenvalue weighted by molar-refractivity contribution is 9.10. The van der Waals surface area contributed by atoms with Crippen LogP contribution in [-0.4, -0.2) is 29.6 Å². The van der Waals surface area contributed by atoms with Gasteiger partial charge in [-0.1, -0.05) is 19.1 Å². The quantitative estimate of drug-likeness (QED) is 0.849. The van der Waals surface area contributed by atoms with Crippen LogP contribution in [0.1, 0.15) is 19.8 Å². The van der Waals surface area contributed by atoms with Crippen LogP contribution in [0.3, 0.4) is 0 Å². The SMILES string of the molecule is COC(=O)C1(Nc2ccccc2Br)CCCSC1C. The Balaban J connectivity index is 2.33. The van der Waals surface area contributed by atoms with Gasteiger partial charge in [0.2, 0.25) is 0 Å². The fraction of sp³-hybridized carbons (Fsp3) is 0.500. The number of thioether (sulfide) groups is 1. The van der Waals surface area contributed by atoms with E-state index in [9.17, 15) is 4.79 Å². The second-order valence-electron chi connectivity index (χ2n) is 4.68. The van der Waals surface area contributed by atoms with E-state index in [1.54, 1.807) is 0 Å². The molecule has 2 unspecified atom stereocenters. The number of rotatable bonds is 3. The Morgan fingerprint density at radius 2 is 2.26 bits per heavy atom. The molecule has 0 aliphatic carbocycles. The fourth-order valence-corrected chi connectivity index (χ4v) is 4.03. The average molecular weight is 344 g/mol. The maximum absolute atomic E-state index is 12.3. The van der Waals surface area contributed by atoms with Crippen LogP contribution < -0.4 is 5.32 Å². The molecule has 0 bridgehead atoms. The molecule has 104 valence electrons.